The molecule has 0 aliphatic heterocycles. The number of amides is 2. The van der Waals surface area contributed by atoms with Crippen LogP contribution in [0.5, 0.6) is 23.1 Å². The molecule has 8 nitrogen and oxygen atoms in total. The van der Waals surface area contributed by atoms with Crippen molar-refractivity contribution in [3.8, 4) is 23.1 Å². The third-order valence-electron chi connectivity index (χ3n) is 4.60. The minimum atomic E-state index is -0.499. The fourth-order valence-corrected chi connectivity index (χ4v) is 3.04. The Morgan fingerprint density at radius 3 is 2.09 bits per heavy atom. The topological polar surface area (TPSA) is 98.8 Å². The maximum atomic E-state index is 12.8. The second-order valence-corrected chi connectivity index (χ2v) is 6.91. The first kappa shape index (κ1) is 22.6. The predicted octanol–water partition coefficient (Wildman–Crippen LogP) is 4.10. The third kappa shape index (κ3) is 6.21. The van der Waals surface area contributed by atoms with Crippen LogP contribution in [0.1, 0.15) is 24.9 Å². The molecule has 1 atom stereocenters. The summed E-state index contributed by atoms with van der Waals surface area (Å²) in [6.07, 6.45) is 1.61. The molecule has 1 aromatic heterocycles. The Bertz CT molecular complexity index is 1050. The van der Waals surface area contributed by atoms with Crippen molar-refractivity contribution in [3.05, 3.63) is 72.4 Å². The molecule has 0 aliphatic rings. The molecule has 0 radical (unpaired) electrons. The number of nitrogens with zero attached hydrogens (tertiary/aromatic N) is 1. The van der Waals surface area contributed by atoms with E-state index in [2.05, 4.69) is 15.6 Å². The number of ether oxygens (including phenoxy) is 3. The SMILES string of the molecule is COc1ccc(Oc2ncccc2NC(=O)CC(NC(C)=O)c2ccc(OC)cc2)cc1. The van der Waals surface area contributed by atoms with Gasteiger partial charge in [-0.2, -0.15) is 0 Å². The normalized spacial score (nSPS) is 11.2. The van der Waals surface area contributed by atoms with Crippen LogP contribution in [0.2, 0.25) is 0 Å². The van der Waals surface area contributed by atoms with E-state index < -0.39 is 6.04 Å². The molecule has 0 aliphatic carbocycles. The largest absolute Gasteiger partial charge is 0.497 e. The number of aromatic nitrogens is 1. The van der Waals surface area contributed by atoms with Crippen molar-refractivity contribution in [2.75, 3.05) is 19.5 Å². The zero-order valence-electron chi connectivity index (χ0n) is 18.1. The zero-order valence-corrected chi connectivity index (χ0v) is 18.1. The van der Waals surface area contributed by atoms with E-state index in [1.54, 1.807) is 68.9 Å². The summed E-state index contributed by atoms with van der Waals surface area (Å²) in [6.45, 7) is 1.41. The lowest BCUT2D eigenvalue weighted by molar-refractivity contribution is -0.120. The van der Waals surface area contributed by atoms with Gasteiger partial charge in [0.25, 0.3) is 0 Å². The van der Waals surface area contributed by atoms with Gasteiger partial charge in [-0.1, -0.05) is 12.1 Å². The second-order valence-electron chi connectivity index (χ2n) is 6.91. The van der Waals surface area contributed by atoms with Crippen molar-refractivity contribution in [1.82, 2.24) is 10.3 Å². The van der Waals surface area contributed by atoms with Gasteiger partial charge in [-0.25, -0.2) is 4.98 Å². The quantitative estimate of drug-likeness (QED) is 0.525. The number of benzene rings is 2. The summed E-state index contributed by atoms with van der Waals surface area (Å²) in [4.78, 5) is 28.7. The highest BCUT2D eigenvalue weighted by molar-refractivity contribution is 5.92. The molecular weight excluding hydrogens is 410 g/mol. The van der Waals surface area contributed by atoms with Crippen LogP contribution in [0.25, 0.3) is 0 Å². The lowest BCUT2D eigenvalue weighted by Gasteiger charge is -2.19. The highest BCUT2D eigenvalue weighted by atomic mass is 16.5. The molecule has 166 valence electrons. The Balaban J connectivity index is 1.72. The first-order valence-corrected chi connectivity index (χ1v) is 9.96. The van der Waals surface area contributed by atoms with E-state index in [4.69, 9.17) is 14.2 Å². The molecule has 8 heteroatoms. The van der Waals surface area contributed by atoms with Crippen LogP contribution in [0.4, 0.5) is 5.69 Å². The van der Waals surface area contributed by atoms with E-state index in [9.17, 15) is 9.59 Å². The van der Waals surface area contributed by atoms with Gasteiger partial charge < -0.3 is 24.8 Å². The summed E-state index contributed by atoms with van der Waals surface area (Å²) in [5.41, 5.74) is 1.21. The molecule has 1 heterocycles. The number of pyridine rings is 1. The van der Waals surface area contributed by atoms with Gasteiger partial charge in [-0.05, 0) is 54.1 Å². The number of anilines is 1. The van der Waals surface area contributed by atoms with Gasteiger partial charge in [0.15, 0.2) is 0 Å². The van der Waals surface area contributed by atoms with Crippen LogP contribution in [-0.4, -0.2) is 31.0 Å². The fraction of sp³-hybridized carbons (Fsp3) is 0.208. The van der Waals surface area contributed by atoms with Gasteiger partial charge in [-0.15, -0.1) is 0 Å². The number of hydrogen-bond donors (Lipinski definition) is 2. The Morgan fingerprint density at radius 2 is 1.50 bits per heavy atom. The van der Waals surface area contributed by atoms with Crippen LogP contribution in [0.3, 0.4) is 0 Å². The molecule has 0 fully saturated rings. The number of rotatable bonds is 9. The van der Waals surface area contributed by atoms with Gasteiger partial charge in [0, 0.05) is 13.1 Å². The number of carbonyl (C=O) groups is 2. The molecule has 2 aromatic carbocycles. The summed E-state index contributed by atoms with van der Waals surface area (Å²) in [6, 6.07) is 17.1. The van der Waals surface area contributed by atoms with Gasteiger partial charge in [0.1, 0.15) is 22.9 Å². The van der Waals surface area contributed by atoms with Crippen molar-refractivity contribution in [3.63, 3.8) is 0 Å². The van der Waals surface area contributed by atoms with Crippen LogP contribution < -0.4 is 24.8 Å². The van der Waals surface area contributed by atoms with Gasteiger partial charge in [-0.3, -0.25) is 9.59 Å². The van der Waals surface area contributed by atoms with E-state index in [1.165, 1.54) is 6.92 Å². The highest BCUT2D eigenvalue weighted by Gasteiger charge is 2.19. The average molecular weight is 435 g/mol. The standard InChI is InChI=1S/C24H25N3O5/c1-16(28)26-22(17-6-8-18(30-2)9-7-17)15-23(29)27-21-5-4-14-25-24(21)32-20-12-10-19(31-3)11-13-20/h4-14,22H,15H2,1-3H3,(H,26,28)(H,27,29). The molecule has 3 rings (SSSR count). The molecule has 2 amide bonds. The summed E-state index contributed by atoms with van der Waals surface area (Å²) in [5.74, 6) is 1.67. The maximum Gasteiger partial charge on any atom is 0.243 e. The van der Waals surface area contributed by atoms with E-state index in [-0.39, 0.29) is 24.1 Å². The fourth-order valence-electron chi connectivity index (χ4n) is 3.04. The first-order valence-electron chi connectivity index (χ1n) is 9.96. The van der Waals surface area contributed by atoms with Crippen LogP contribution >= 0.6 is 0 Å². The second kappa shape index (κ2) is 10.8. The molecule has 32 heavy (non-hydrogen) atoms. The summed E-state index contributed by atoms with van der Waals surface area (Å²) in [7, 11) is 3.16. The van der Waals surface area contributed by atoms with Crippen molar-refractivity contribution in [2.45, 2.75) is 19.4 Å². The van der Waals surface area contributed by atoms with Gasteiger partial charge in [0.2, 0.25) is 17.7 Å². The number of nitrogens with one attached hydrogen (secondary N) is 2. The number of carbonyl (C=O) groups excluding carboxylic acids is 2. The third-order valence-corrected chi connectivity index (χ3v) is 4.60. The van der Waals surface area contributed by atoms with Crippen LogP contribution in [0, 0.1) is 0 Å². The monoisotopic (exact) mass is 435 g/mol. The lowest BCUT2D eigenvalue weighted by atomic mass is 10.0. The van der Waals surface area contributed by atoms with Crippen molar-refractivity contribution in [1.29, 1.82) is 0 Å². The van der Waals surface area contributed by atoms with E-state index in [0.717, 1.165) is 5.56 Å². The Hall–Kier alpha value is -4.07. The molecule has 1 unspecified atom stereocenters. The van der Waals surface area contributed by atoms with Crippen molar-refractivity contribution >= 4 is 17.5 Å². The van der Waals surface area contributed by atoms with Crippen LogP contribution in [0.15, 0.2) is 66.9 Å². The molecule has 0 saturated carbocycles. The number of methoxy groups -OCH3 is 2. The predicted molar refractivity (Wildman–Crippen MR) is 120 cm³/mol. The maximum absolute atomic E-state index is 12.8. The van der Waals surface area contributed by atoms with Crippen molar-refractivity contribution < 1.29 is 23.8 Å². The zero-order chi connectivity index (χ0) is 22.9. The lowest BCUT2D eigenvalue weighted by Crippen LogP contribution is -2.29. The minimum absolute atomic E-state index is 0.0305. The molecule has 0 saturated heterocycles. The highest BCUT2D eigenvalue weighted by Crippen LogP contribution is 2.29. The van der Waals surface area contributed by atoms with Crippen LogP contribution in [-0.2, 0) is 9.59 Å². The Morgan fingerprint density at radius 1 is 0.906 bits per heavy atom. The van der Waals surface area contributed by atoms with Crippen molar-refractivity contribution in [2.24, 2.45) is 0 Å². The van der Waals surface area contributed by atoms with Gasteiger partial charge in [0.05, 0.1) is 26.7 Å². The Kier molecular flexibility index (Phi) is 7.64. The summed E-state index contributed by atoms with van der Waals surface area (Å²) < 4.78 is 16.1. The number of hydrogen-bond acceptors (Lipinski definition) is 6. The van der Waals surface area contributed by atoms with E-state index >= 15 is 0 Å². The van der Waals surface area contributed by atoms with Gasteiger partial charge >= 0.3 is 0 Å². The molecular formula is C24H25N3O5. The summed E-state index contributed by atoms with van der Waals surface area (Å²) in [5, 5.41) is 5.64. The average Bonchev–Trinajstić information content (AvgIpc) is 2.80. The van der Waals surface area contributed by atoms with E-state index in [1.807, 2.05) is 12.1 Å². The molecule has 0 bridgehead atoms. The van der Waals surface area contributed by atoms with E-state index in [0.29, 0.717) is 22.9 Å². The molecule has 2 N–H and O–H groups in total. The first-order chi connectivity index (χ1) is 15.5. The minimum Gasteiger partial charge on any atom is -0.497 e. The Labute approximate surface area is 186 Å². The molecule has 0 spiro atoms. The smallest absolute Gasteiger partial charge is 0.243 e. The molecule has 3 aromatic rings. The summed E-state index contributed by atoms with van der Waals surface area (Å²) >= 11 is 0.